The minimum absolute atomic E-state index is 0.447. The molecule has 2 rings (SSSR count). The second-order valence-electron chi connectivity index (χ2n) is 6.52. The van der Waals surface area contributed by atoms with Crippen LogP contribution in [-0.2, 0) is 4.74 Å². The second kappa shape index (κ2) is 5.68. The van der Waals surface area contributed by atoms with Crippen molar-refractivity contribution in [1.82, 2.24) is 10.2 Å². The van der Waals surface area contributed by atoms with Gasteiger partial charge in [0.1, 0.15) is 0 Å². The van der Waals surface area contributed by atoms with E-state index < -0.39 is 0 Å². The van der Waals surface area contributed by atoms with E-state index in [9.17, 15) is 0 Å². The molecule has 0 bridgehead atoms. The van der Waals surface area contributed by atoms with Crippen LogP contribution in [0, 0.1) is 5.41 Å². The Morgan fingerprint density at radius 3 is 2.76 bits per heavy atom. The van der Waals surface area contributed by atoms with Crippen LogP contribution in [0.4, 0.5) is 0 Å². The lowest BCUT2D eigenvalue weighted by Gasteiger charge is -2.39. The zero-order valence-corrected chi connectivity index (χ0v) is 11.7. The third-order valence-corrected chi connectivity index (χ3v) is 4.07. The highest BCUT2D eigenvalue weighted by molar-refractivity contribution is 4.83. The Labute approximate surface area is 106 Å². The lowest BCUT2D eigenvalue weighted by atomic mass is 9.84. The SMILES string of the molecule is CNCC1CCC(CN2CCCC(C)(C)C2)O1. The molecule has 0 aliphatic carbocycles. The van der Waals surface area contributed by atoms with Crippen LogP contribution in [0.15, 0.2) is 0 Å². The van der Waals surface area contributed by atoms with Gasteiger partial charge in [-0.25, -0.2) is 0 Å². The zero-order valence-electron chi connectivity index (χ0n) is 11.7. The topological polar surface area (TPSA) is 24.5 Å². The predicted octanol–water partition coefficient (Wildman–Crippen LogP) is 1.88. The van der Waals surface area contributed by atoms with E-state index in [2.05, 4.69) is 24.1 Å². The summed E-state index contributed by atoms with van der Waals surface area (Å²) in [7, 11) is 2.00. The summed E-state index contributed by atoms with van der Waals surface area (Å²) in [6.07, 6.45) is 6.10. The van der Waals surface area contributed by atoms with Gasteiger partial charge < -0.3 is 15.0 Å². The summed E-state index contributed by atoms with van der Waals surface area (Å²) in [5.41, 5.74) is 0.501. The maximum absolute atomic E-state index is 6.07. The molecule has 0 saturated carbocycles. The molecule has 2 heterocycles. The Hall–Kier alpha value is -0.120. The van der Waals surface area contributed by atoms with Crippen LogP contribution in [0.2, 0.25) is 0 Å². The number of ether oxygens (including phenoxy) is 1. The highest BCUT2D eigenvalue weighted by Gasteiger charge is 2.30. The number of likely N-dealkylation sites (tertiary alicyclic amines) is 1. The summed E-state index contributed by atoms with van der Waals surface area (Å²) in [5.74, 6) is 0. The average Bonchev–Trinajstić information content (AvgIpc) is 2.64. The first-order chi connectivity index (χ1) is 8.09. The summed E-state index contributed by atoms with van der Waals surface area (Å²) in [6.45, 7) is 9.42. The number of likely N-dealkylation sites (N-methyl/N-ethyl adjacent to an activating group) is 1. The van der Waals surface area contributed by atoms with Crippen LogP contribution in [0.5, 0.6) is 0 Å². The van der Waals surface area contributed by atoms with Gasteiger partial charge in [-0.3, -0.25) is 0 Å². The Bertz CT molecular complexity index is 242. The Balaban J connectivity index is 1.74. The highest BCUT2D eigenvalue weighted by Crippen LogP contribution is 2.29. The normalized spacial score (nSPS) is 34.1. The van der Waals surface area contributed by atoms with E-state index in [1.54, 1.807) is 0 Å². The Kier molecular flexibility index (Phi) is 4.45. The average molecular weight is 240 g/mol. The molecule has 2 atom stereocenters. The van der Waals surface area contributed by atoms with Crippen LogP contribution >= 0.6 is 0 Å². The molecule has 2 aliphatic heterocycles. The maximum Gasteiger partial charge on any atom is 0.0707 e. The molecule has 3 nitrogen and oxygen atoms in total. The van der Waals surface area contributed by atoms with Crippen LogP contribution < -0.4 is 5.32 Å². The fourth-order valence-electron chi connectivity index (χ4n) is 3.28. The van der Waals surface area contributed by atoms with Gasteiger partial charge in [0.2, 0.25) is 0 Å². The Morgan fingerprint density at radius 2 is 2.06 bits per heavy atom. The van der Waals surface area contributed by atoms with Crippen molar-refractivity contribution in [2.45, 2.75) is 51.7 Å². The molecule has 17 heavy (non-hydrogen) atoms. The predicted molar refractivity (Wildman–Crippen MR) is 71.3 cm³/mol. The maximum atomic E-state index is 6.07. The highest BCUT2D eigenvalue weighted by atomic mass is 16.5. The second-order valence-corrected chi connectivity index (χ2v) is 6.52. The van der Waals surface area contributed by atoms with E-state index in [4.69, 9.17) is 4.74 Å². The van der Waals surface area contributed by atoms with E-state index in [0.29, 0.717) is 17.6 Å². The van der Waals surface area contributed by atoms with E-state index in [0.717, 1.165) is 13.1 Å². The van der Waals surface area contributed by atoms with Gasteiger partial charge in [0.25, 0.3) is 0 Å². The van der Waals surface area contributed by atoms with Gasteiger partial charge in [0.15, 0.2) is 0 Å². The number of rotatable bonds is 4. The van der Waals surface area contributed by atoms with Crippen molar-refractivity contribution in [1.29, 1.82) is 0 Å². The molecule has 2 aliphatic rings. The van der Waals surface area contributed by atoms with Crippen molar-refractivity contribution in [2.75, 3.05) is 33.2 Å². The van der Waals surface area contributed by atoms with Crippen molar-refractivity contribution >= 4 is 0 Å². The minimum Gasteiger partial charge on any atom is -0.372 e. The lowest BCUT2D eigenvalue weighted by Crippen LogP contribution is -2.43. The van der Waals surface area contributed by atoms with Crippen molar-refractivity contribution in [3.8, 4) is 0 Å². The van der Waals surface area contributed by atoms with Gasteiger partial charge in [-0.05, 0) is 44.7 Å². The van der Waals surface area contributed by atoms with Crippen LogP contribution in [0.3, 0.4) is 0 Å². The molecule has 2 unspecified atom stereocenters. The minimum atomic E-state index is 0.447. The first-order valence-corrected chi connectivity index (χ1v) is 7.11. The van der Waals surface area contributed by atoms with Gasteiger partial charge in [-0.2, -0.15) is 0 Å². The molecule has 0 amide bonds. The molecule has 1 N–H and O–H groups in total. The van der Waals surface area contributed by atoms with Crippen molar-refractivity contribution in [3.63, 3.8) is 0 Å². The molecular formula is C14H28N2O. The molecule has 0 spiro atoms. The van der Waals surface area contributed by atoms with Gasteiger partial charge >= 0.3 is 0 Å². The van der Waals surface area contributed by atoms with E-state index in [-0.39, 0.29) is 0 Å². The molecular weight excluding hydrogens is 212 g/mol. The van der Waals surface area contributed by atoms with Gasteiger partial charge in [-0.1, -0.05) is 13.8 Å². The van der Waals surface area contributed by atoms with E-state index in [1.165, 1.54) is 38.8 Å². The number of hydrogen-bond donors (Lipinski definition) is 1. The lowest BCUT2D eigenvalue weighted by molar-refractivity contribution is 0.00755. The van der Waals surface area contributed by atoms with Crippen molar-refractivity contribution in [2.24, 2.45) is 5.41 Å². The van der Waals surface area contributed by atoms with E-state index in [1.807, 2.05) is 7.05 Å². The molecule has 0 radical (unpaired) electrons. The largest absolute Gasteiger partial charge is 0.372 e. The summed E-state index contributed by atoms with van der Waals surface area (Å²) >= 11 is 0. The summed E-state index contributed by atoms with van der Waals surface area (Å²) in [5, 5.41) is 3.21. The number of hydrogen-bond acceptors (Lipinski definition) is 3. The number of nitrogens with zero attached hydrogens (tertiary/aromatic N) is 1. The molecule has 100 valence electrons. The quantitative estimate of drug-likeness (QED) is 0.812. The van der Waals surface area contributed by atoms with Crippen molar-refractivity contribution in [3.05, 3.63) is 0 Å². The first-order valence-electron chi connectivity index (χ1n) is 7.11. The van der Waals surface area contributed by atoms with Crippen LogP contribution in [-0.4, -0.2) is 50.3 Å². The van der Waals surface area contributed by atoms with Crippen LogP contribution in [0.1, 0.15) is 39.5 Å². The monoisotopic (exact) mass is 240 g/mol. The van der Waals surface area contributed by atoms with Gasteiger partial charge in [-0.15, -0.1) is 0 Å². The third kappa shape index (κ3) is 3.94. The number of piperidine rings is 1. The molecule has 3 heteroatoms. The summed E-state index contributed by atoms with van der Waals surface area (Å²) < 4.78 is 6.07. The Morgan fingerprint density at radius 1 is 1.29 bits per heavy atom. The van der Waals surface area contributed by atoms with Gasteiger partial charge in [0.05, 0.1) is 12.2 Å². The van der Waals surface area contributed by atoms with E-state index >= 15 is 0 Å². The molecule has 2 fully saturated rings. The molecule has 0 aromatic rings. The summed E-state index contributed by atoms with van der Waals surface area (Å²) in [6, 6.07) is 0. The molecule has 2 saturated heterocycles. The van der Waals surface area contributed by atoms with Crippen molar-refractivity contribution < 1.29 is 4.74 Å². The fraction of sp³-hybridized carbons (Fsp3) is 1.00. The molecule has 0 aromatic heterocycles. The molecule has 0 aromatic carbocycles. The third-order valence-electron chi connectivity index (χ3n) is 4.07. The summed E-state index contributed by atoms with van der Waals surface area (Å²) in [4.78, 5) is 2.61. The number of nitrogens with one attached hydrogen (secondary N) is 1. The first kappa shape index (κ1) is 13.3. The zero-order chi connectivity index (χ0) is 12.3. The van der Waals surface area contributed by atoms with Crippen LogP contribution in [0.25, 0.3) is 0 Å². The standard InChI is InChI=1S/C14H28N2O/c1-14(2)7-4-8-16(11-14)10-13-6-5-12(17-13)9-15-3/h12-13,15H,4-11H2,1-3H3. The smallest absolute Gasteiger partial charge is 0.0707 e. The van der Waals surface area contributed by atoms with Gasteiger partial charge in [0, 0.05) is 19.6 Å². The fourth-order valence-corrected chi connectivity index (χ4v) is 3.28.